The van der Waals surface area contributed by atoms with Gasteiger partial charge in [-0.05, 0) is 30.3 Å². The molecule has 2 heterocycles. The second kappa shape index (κ2) is 7.97. The summed E-state index contributed by atoms with van der Waals surface area (Å²) in [5.41, 5.74) is 0.661. The highest BCUT2D eigenvalue weighted by molar-refractivity contribution is 7.16. The number of thiazole rings is 1. The molecule has 2 aromatic heterocycles. The lowest BCUT2D eigenvalue weighted by Crippen LogP contribution is -2.17. The number of halogens is 6. The van der Waals surface area contributed by atoms with E-state index in [-0.39, 0.29) is 23.6 Å². The second-order valence-corrected chi connectivity index (χ2v) is 7.71. The number of fused-ring (bicyclic) bond motifs is 1. The molecule has 0 amide bonds. The van der Waals surface area contributed by atoms with Crippen LogP contribution in [-0.4, -0.2) is 25.9 Å². The fourth-order valence-electron chi connectivity index (χ4n) is 3.06. The maximum Gasteiger partial charge on any atom is 0.573 e. The summed E-state index contributed by atoms with van der Waals surface area (Å²) in [5.74, 6) is -0.365. The number of alkyl halides is 6. The van der Waals surface area contributed by atoms with Gasteiger partial charge in [-0.15, -0.1) is 18.3 Å². The van der Waals surface area contributed by atoms with E-state index in [1.54, 1.807) is 10.8 Å². The van der Waals surface area contributed by atoms with Gasteiger partial charge in [-0.2, -0.15) is 13.2 Å². The fraction of sp³-hybridized carbons (Fsp3) is 0.211. The quantitative estimate of drug-likeness (QED) is 0.412. The molecule has 2 aromatic carbocycles. The number of hydrogen-bond donors (Lipinski definition) is 1. The molecule has 0 unspecified atom stereocenters. The number of aromatic nitrogens is 4. The monoisotopic (exact) mass is 473 g/mol. The highest BCUT2D eigenvalue weighted by Gasteiger charge is 2.31. The zero-order valence-corrected chi connectivity index (χ0v) is 16.7. The third-order valence-corrected chi connectivity index (χ3v) is 5.47. The van der Waals surface area contributed by atoms with Crippen molar-refractivity contribution in [1.29, 1.82) is 5.41 Å². The molecule has 0 atom stereocenters. The molecule has 0 aliphatic carbocycles. The average molecular weight is 473 g/mol. The third-order valence-electron chi connectivity index (χ3n) is 4.51. The van der Waals surface area contributed by atoms with Gasteiger partial charge >= 0.3 is 12.5 Å². The second-order valence-electron chi connectivity index (χ2n) is 6.68. The minimum absolute atomic E-state index is 0.132. The van der Waals surface area contributed by atoms with Gasteiger partial charge in [-0.25, -0.2) is 0 Å². The summed E-state index contributed by atoms with van der Waals surface area (Å²) in [5, 5.41) is 16.0. The fourth-order valence-corrected chi connectivity index (χ4v) is 4.03. The predicted molar refractivity (Wildman–Crippen MR) is 103 cm³/mol. The largest absolute Gasteiger partial charge is 0.573 e. The molecule has 0 radical (unpaired) electrons. The van der Waals surface area contributed by atoms with Gasteiger partial charge in [0.05, 0.1) is 28.5 Å². The Morgan fingerprint density at radius 2 is 1.69 bits per heavy atom. The van der Waals surface area contributed by atoms with E-state index < -0.39 is 18.1 Å². The molecule has 1 N–H and O–H groups in total. The van der Waals surface area contributed by atoms with Gasteiger partial charge in [0.2, 0.25) is 0 Å². The molecule has 0 saturated carbocycles. The van der Waals surface area contributed by atoms with Crippen LogP contribution in [0.25, 0.3) is 21.5 Å². The molecule has 0 bridgehead atoms. The van der Waals surface area contributed by atoms with Crippen LogP contribution in [0.3, 0.4) is 0 Å². The Bertz CT molecular complexity index is 1300. The van der Waals surface area contributed by atoms with Gasteiger partial charge in [0.25, 0.3) is 0 Å². The highest BCUT2D eigenvalue weighted by Crippen LogP contribution is 2.31. The van der Waals surface area contributed by atoms with Crippen LogP contribution in [0.1, 0.15) is 5.56 Å². The van der Waals surface area contributed by atoms with Crippen LogP contribution in [0.4, 0.5) is 26.3 Å². The molecule has 0 fully saturated rings. The Balaban J connectivity index is 1.49. The Kier molecular flexibility index (Phi) is 5.44. The maximum atomic E-state index is 12.7. The van der Waals surface area contributed by atoms with Gasteiger partial charge in [-0.3, -0.25) is 10.1 Å². The Morgan fingerprint density at radius 1 is 0.969 bits per heavy atom. The molecular weight excluding hydrogens is 460 g/mol. The van der Waals surface area contributed by atoms with Crippen molar-refractivity contribution in [1.82, 2.24) is 19.6 Å². The molecule has 4 aromatic rings. The zero-order chi connectivity index (χ0) is 23.1. The standard InChI is InChI=1S/C19H13F6N5OS/c20-18(21,22)12-3-1-11(2-4-12)14-10-29(28-27-14)7-8-30-15-6-5-13(31-19(23,24)25)9-16(15)32-17(30)26/h1-6,9-10,26H,7-8H2. The van der Waals surface area contributed by atoms with Crippen molar-refractivity contribution in [2.75, 3.05) is 0 Å². The lowest BCUT2D eigenvalue weighted by molar-refractivity contribution is -0.274. The first-order chi connectivity index (χ1) is 15.0. The van der Waals surface area contributed by atoms with Crippen molar-refractivity contribution in [3.8, 4) is 17.0 Å². The molecular formula is C19H13F6N5OS. The summed E-state index contributed by atoms with van der Waals surface area (Å²) in [6.45, 7) is 0.574. The van der Waals surface area contributed by atoms with E-state index in [0.29, 0.717) is 21.5 Å². The number of nitrogens with zero attached hydrogens (tertiary/aromatic N) is 4. The lowest BCUT2D eigenvalue weighted by Gasteiger charge is -2.09. The van der Waals surface area contributed by atoms with E-state index in [1.807, 2.05) is 0 Å². The Hall–Kier alpha value is -3.35. The molecule has 6 nitrogen and oxygen atoms in total. The van der Waals surface area contributed by atoms with E-state index in [9.17, 15) is 26.3 Å². The molecule has 0 aliphatic rings. The predicted octanol–water partition coefficient (Wildman–Crippen LogP) is 5.06. The first-order valence-electron chi connectivity index (χ1n) is 9.01. The Labute approximate surface area is 179 Å². The highest BCUT2D eigenvalue weighted by atomic mass is 32.1. The van der Waals surface area contributed by atoms with Crippen molar-refractivity contribution in [3.63, 3.8) is 0 Å². The first-order valence-corrected chi connectivity index (χ1v) is 9.83. The van der Waals surface area contributed by atoms with Crippen LogP contribution in [0.5, 0.6) is 5.75 Å². The smallest absolute Gasteiger partial charge is 0.406 e. The van der Waals surface area contributed by atoms with E-state index >= 15 is 0 Å². The summed E-state index contributed by atoms with van der Waals surface area (Å²) < 4.78 is 82.7. The van der Waals surface area contributed by atoms with Crippen molar-refractivity contribution in [2.45, 2.75) is 25.6 Å². The molecule has 4 rings (SSSR count). The van der Waals surface area contributed by atoms with Crippen LogP contribution in [0.15, 0.2) is 48.7 Å². The van der Waals surface area contributed by atoms with Crippen LogP contribution in [0, 0.1) is 5.41 Å². The number of hydrogen-bond acceptors (Lipinski definition) is 5. The van der Waals surface area contributed by atoms with Gasteiger partial charge < -0.3 is 9.30 Å². The number of nitrogens with one attached hydrogen (secondary N) is 1. The molecule has 32 heavy (non-hydrogen) atoms. The summed E-state index contributed by atoms with van der Waals surface area (Å²) in [7, 11) is 0. The summed E-state index contributed by atoms with van der Waals surface area (Å²) >= 11 is 1.00. The number of aryl methyl sites for hydroxylation is 2. The zero-order valence-electron chi connectivity index (χ0n) is 15.9. The summed E-state index contributed by atoms with van der Waals surface area (Å²) in [6, 6.07) is 8.38. The normalized spacial score (nSPS) is 12.4. The molecule has 0 aliphatic heterocycles. The topological polar surface area (TPSA) is 68.7 Å². The average Bonchev–Trinajstić information content (AvgIpc) is 3.28. The van der Waals surface area contributed by atoms with Crippen molar-refractivity contribution in [3.05, 3.63) is 59.0 Å². The van der Waals surface area contributed by atoms with E-state index in [0.717, 1.165) is 23.5 Å². The number of ether oxygens (including phenoxy) is 1. The number of rotatable bonds is 5. The molecule has 168 valence electrons. The van der Waals surface area contributed by atoms with Crippen LogP contribution < -0.4 is 9.54 Å². The number of benzene rings is 2. The van der Waals surface area contributed by atoms with Crippen LogP contribution in [-0.2, 0) is 19.3 Å². The Morgan fingerprint density at radius 3 is 2.34 bits per heavy atom. The van der Waals surface area contributed by atoms with Crippen LogP contribution >= 0.6 is 11.3 Å². The van der Waals surface area contributed by atoms with Crippen molar-refractivity contribution in [2.24, 2.45) is 0 Å². The lowest BCUT2D eigenvalue weighted by atomic mass is 10.1. The van der Waals surface area contributed by atoms with Gasteiger partial charge in [0.15, 0.2) is 4.80 Å². The van der Waals surface area contributed by atoms with Crippen molar-refractivity contribution >= 4 is 21.6 Å². The maximum absolute atomic E-state index is 12.7. The minimum atomic E-state index is -4.80. The minimum Gasteiger partial charge on any atom is -0.406 e. The van der Waals surface area contributed by atoms with Gasteiger partial charge in [0.1, 0.15) is 11.4 Å². The molecule has 0 spiro atoms. The van der Waals surface area contributed by atoms with Crippen LogP contribution in [0.2, 0.25) is 0 Å². The third kappa shape index (κ3) is 4.77. The molecule has 13 heteroatoms. The summed E-state index contributed by atoms with van der Waals surface area (Å²) in [6.07, 6.45) is -7.66. The SMILES string of the molecule is N=c1sc2cc(OC(F)(F)F)ccc2n1CCn1cc(-c2ccc(C(F)(F)F)cc2)nn1. The van der Waals surface area contributed by atoms with E-state index in [4.69, 9.17) is 5.41 Å². The van der Waals surface area contributed by atoms with E-state index in [1.165, 1.54) is 35.0 Å². The summed E-state index contributed by atoms with van der Waals surface area (Å²) in [4.78, 5) is 0.132. The molecule has 0 saturated heterocycles. The van der Waals surface area contributed by atoms with E-state index in [2.05, 4.69) is 15.0 Å². The first kappa shape index (κ1) is 21.9. The van der Waals surface area contributed by atoms with Gasteiger partial charge in [-0.1, -0.05) is 28.7 Å². The van der Waals surface area contributed by atoms with Crippen molar-refractivity contribution < 1.29 is 31.1 Å². The van der Waals surface area contributed by atoms with Gasteiger partial charge in [0, 0.05) is 12.1 Å².